The Morgan fingerprint density at radius 2 is 1.83 bits per heavy atom. The van der Waals surface area contributed by atoms with E-state index in [9.17, 15) is 9.59 Å². The van der Waals surface area contributed by atoms with E-state index < -0.39 is 0 Å². The quantitative estimate of drug-likeness (QED) is 0.782. The van der Waals surface area contributed by atoms with E-state index >= 15 is 0 Å². The molecule has 0 radical (unpaired) electrons. The summed E-state index contributed by atoms with van der Waals surface area (Å²) in [5.41, 5.74) is 3.59. The first-order valence-corrected chi connectivity index (χ1v) is 8.22. The second kappa shape index (κ2) is 8.29. The van der Waals surface area contributed by atoms with Crippen LogP contribution in [-0.2, 0) is 4.79 Å². The summed E-state index contributed by atoms with van der Waals surface area (Å²) in [5.74, 6) is -0.0653. The summed E-state index contributed by atoms with van der Waals surface area (Å²) < 4.78 is 0. The molecule has 2 aromatic rings. The van der Waals surface area contributed by atoms with Gasteiger partial charge in [0.15, 0.2) is 5.78 Å². The van der Waals surface area contributed by atoms with Crippen LogP contribution in [0.4, 0.5) is 11.4 Å². The first kappa shape index (κ1) is 17.7. The number of aryl methyl sites for hydroxylation is 1. The smallest absolute Gasteiger partial charge is 0.226 e. The number of nitrogens with one attached hydrogen (secondary N) is 1. The minimum Gasteiger partial charge on any atom is -0.371 e. The molecule has 0 saturated heterocycles. The van der Waals surface area contributed by atoms with Crippen molar-refractivity contribution in [2.24, 2.45) is 0 Å². The van der Waals surface area contributed by atoms with Gasteiger partial charge in [-0.2, -0.15) is 0 Å². The van der Waals surface area contributed by atoms with Gasteiger partial charge in [0.25, 0.3) is 0 Å². The number of anilines is 2. The van der Waals surface area contributed by atoms with Crippen molar-refractivity contribution in [3.05, 3.63) is 59.7 Å². The van der Waals surface area contributed by atoms with Crippen molar-refractivity contribution < 1.29 is 9.59 Å². The topological polar surface area (TPSA) is 49.4 Å². The zero-order valence-electron chi connectivity index (χ0n) is 14.5. The Morgan fingerprint density at radius 1 is 1.08 bits per heavy atom. The highest BCUT2D eigenvalue weighted by Gasteiger charge is 2.09. The van der Waals surface area contributed by atoms with E-state index in [2.05, 4.69) is 42.3 Å². The standard InChI is InChI=1S/C20H24N2O2/c1-4-22(19-10-5-7-15(2)13-19)12-11-20(24)21-18-9-6-8-17(14-18)16(3)23/h5-10,13-14H,4,11-12H2,1-3H3,(H,21,24). The second-order valence-electron chi connectivity index (χ2n) is 5.85. The van der Waals surface area contributed by atoms with Crippen molar-refractivity contribution in [3.63, 3.8) is 0 Å². The van der Waals surface area contributed by atoms with Crippen molar-refractivity contribution in [1.29, 1.82) is 0 Å². The van der Waals surface area contributed by atoms with Crippen molar-refractivity contribution in [1.82, 2.24) is 0 Å². The van der Waals surface area contributed by atoms with E-state index in [0.29, 0.717) is 24.2 Å². The Bertz CT molecular complexity index is 725. The number of carbonyl (C=O) groups is 2. The number of amides is 1. The molecule has 4 nitrogen and oxygen atoms in total. The van der Waals surface area contributed by atoms with Crippen molar-refractivity contribution in [3.8, 4) is 0 Å². The molecule has 0 fully saturated rings. The molecule has 1 amide bonds. The fraction of sp³-hybridized carbons (Fsp3) is 0.300. The zero-order valence-corrected chi connectivity index (χ0v) is 14.5. The number of rotatable bonds is 7. The number of nitrogens with zero attached hydrogens (tertiary/aromatic N) is 1. The van der Waals surface area contributed by atoms with Crippen molar-refractivity contribution in [2.75, 3.05) is 23.3 Å². The van der Waals surface area contributed by atoms with Gasteiger partial charge < -0.3 is 10.2 Å². The molecule has 0 atom stereocenters. The third-order valence-corrected chi connectivity index (χ3v) is 3.91. The predicted octanol–water partition coefficient (Wildman–Crippen LogP) is 4.05. The van der Waals surface area contributed by atoms with E-state index in [1.807, 2.05) is 6.07 Å². The maximum atomic E-state index is 12.2. The number of hydrogen-bond acceptors (Lipinski definition) is 3. The Balaban J connectivity index is 1.94. The summed E-state index contributed by atoms with van der Waals surface area (Å²) in [4.78, 5) is 25.8. The third kappa shape index (κ3) is 4.95. The van der Waals surface area contributed by atoms with E-state index in [0.717, 1.165) is 12.2 Å². The van der Waals surface area contributed by atoms with E-state index in [4.69, 9.17) is 0 Å². The molecule has 0 aromatic heterocycles. The Labute approximate surface area is 143 Å². The van der Waals surface area contributed by atoms with Crippen LogP contribution >= 0.6 is 0 Å². The fourth-order valence-electron chi connectivity index (χ4n) is 2.57. The Morgan fingerprint density at radius 3 is 2.50 bits per heavy atom. The van der Waals surface area contributed by atoms with Gasteiger partial charge >= 0.3 is 0 Å². The molecule has 0 aliphatic carbocycles. The molecular weight excluding hydrogens is 300 g/mol. The van der Waals surface area contributed by atoms with Crippen LogP contribution in [0.5, 0.6) is 0 Å². The molecule has 0 aliphatic rings. The van der Waals surface area contributed by atoms with Gasteiger partial charge in [-0.25, -0.2) is 0 Å². The molecule has 24 heavy (non-hydrogen) atoms. The number of benzene rings is 2. The van der Waals surface area contributed by atoms with Gasteiger partial charge in [-0.15, -0.1) is 0 Å². The third-order valence-electron chi connectivity index (χ3n) is 3.91. The molecule has 0 spiro atoms. The van der Waals surface area contributed by atoms with Gasteiger partial charge in [0.05, 0.1) is 0 Å². The van der Waals surface area contributed by atoms with Gasteiger partial charge in [0, 0.05) is 36.4 Å². The molecule has 2 rings (SSSR count). The summed E-state index contributed by atoms with van der Waals surface area (Å²) in [6, 6.07) is 15.3. The normalized spacial score (nSPS) is 10.3. The molecule has 0 aliphatic heterocycles. The van der Waals surface area contributed by atoms with Crippen LogP contribution in [0, 0.1) is 6.92 Å². The molecule has 0 bridgehead atoms. The van der Waals surface area contributed by atoms with Gasteiger partial charge in [0.2, 0.25) is 5.91 Å². The summed E-state index contributed by atoms with van der Waals surface area (Å²) in [5, 5.41) is 2.86. The zero-order chi connectivity index (χ0) is 17.5. The van der Waals surface area contributed by atoms with E-state index in [1.165, 1.54) is 12.5 Å². The molecule has 0 saturated carbocycles. The number of Topliss-reactive ketones (excluding diaryl/α,β-unsaturated/α-hetero) is 1. The number of carbonyl (C=O) groups excluding carboxylic acids is 2. The highest BCUT2D eigenvalue weighted by Crippen LogP contribution is 2.16. The minimum atomic E-state index is -0.0539. The van der Waals surface area contributed by atoms with Crippen LogP contribution in [0.15, 0.2) is 48.5 Å². The molecule has 0 heterocycles. The summed E-state index contributed by atoms with van der Waals surface area (Å²) in [7, 11) is 0. The van der Waals surface area contributed by atoms with E-state index in [1.54, 1.807) is 24.3 Å². The molecule has 0 unspecified atom stereocenters. The van der Waals surface area contributed by atoms with Crippen LogP contribution in [0.3, 0.4) is 0 Å². The highest BCUT2D eigenvalue weighted by molar-refractivity contribution is 5.97. The highest BCUT2D eigenvalue weighted by atomic mass is 16.1. The molecule has 126 valence electrons. The van der Waals surface area contributed by atoms with Crippen LogP contribution in [0.1, 0.15) is 36.2 Å². The summed E-state index contributed by atoms with van der Waals surface area (Å²) in [6.45, 7) is 7.15. The van der Waals surface area contributed by atoms with Crippen LogP contribution < -0.4 is 10.2 Å². The average Bonchev–Trinajstić information content (AvgIpc) is 2.55. The number of hydrogen-bond donors (Lipinski definition) is 1. The van der Waals surface area contributed by atoms with Crippen LogP contribution in [-0.4, -0.2) is 24.8 Å². The lowest BCUT2D eigenvalue weighted by molar-refractivity contribution is -0.116. The van der Waals surface area contributed by atoms with Gasteiger partial charge in [-0.1, -0.05) is 24.3 Å². The molecular formula is C20H24N2O2. The second-order valence-corrected chi connectivity index (χ2v) is 5.85. The SMILES string of the molecule is CCN(CCC(=O)Nc1cccc(C(C)=O)c1)c1cccc(C)c1. The van der Waals surface area contributed by atoms with Crippen molar-refractivity contribution >= 4 is 23.1 Å². The lowest BCUT2D eigenvalue weighted by Crippen LogP contribution is -2.27. The van der Waals surface area contributed by atoms with E-state index in [-0.39, 0.29) is 11.7 Å². The maximum absolute atomic E-state index is 12.2. The lowest BCUT2D eigenvalue weighted by Gasteiger charge is -2.23. The fourth-order valence-corrected chi connectivity index (χ4v) is 2.57. The lowest BCUT2D eigenvalue weighted by atomic mass is 10.1. The van der Waals surface area contributed by atoms with Gasteiger partial charge in [-0.05, 0) is 50.6 Å². The average molecular weight is 324 g/mol. The molecule has 4 heteroatoms. The number of ketones is 1. The Kier molecular flexibility index (Phi) is 6.13. The Hall–Kier alpha value is -2.62. The van der Waals surface area contributed by atoms with Gasteiger partial charge in [0.1, 0.15) is 0 Å². The summed E-state index contributed by atoms with van der Waals surface area (Å²) >= 11 is 0. The minimum absolute atomic E-state index is 0.0114. The summed E-state index contributed by atoms with van der Waals surface area (Å²) in [6.07, 6.45) is 0.395. The molecule has 1 N–H and O–H groups in total. The maximum Gasteiger partial charge on any atom is 0.226 e. The van der Waals surface area contributed by atoms with Crippen molar-refractivity contribution in [2.45, 2.75) is 27.2 Å². The first-order valence-electron chi connectivity index (χ1n) is 8.22. The van der Waals surface area contributed by atoms with Crippen LogP contribution in [0.2, 0.25) is 0 Å². The monoisotopic (exact) mass is 324 g/mol. The molecule has 2 aromatic carbocycles. The largest absolute Gasteiger partial charge is 0.371 e. The predicted molar refractivity (Wildman–Crippen MR) is 98.8 cm³/mol. The first-order chi connectivity index (χ1) is 11.5. The van der Waals surface area contributed by atoms with Crippen LogP contribution in [0.25, 0.3) is 0 Å². The van der Waals surface area contributed by atoms with Gasteiger partial charge in [-0.3, -0.25) is 9.59 Å².